The first-order valence-electron chi connectivity index (χ1n) is 18.1. The Labute approximate surface area is 316 Å². The van der Waals surface area contributed by atoms with E-state index >= 15 is 0 Å². The van der Waals surface area contributed by atoms with Crippen molar-refractivity contribution in [1.82, 2.24) is 29.0 Å². The molecule has 3 heterocycles. The van der Waals surface area contributed by atoms with Crippen LogP contribution < -0.4 is 10.9 Å². The molecule has 1 aliphatic heterocycles. The molecule has 6 aromatic rings. The van der Waals surface area contributed by atoms with Gasteiger partial charge in [0, 0.05) is 37.7 Å². The number of amides is 1. The Morgan fingerprint density at radius 1 is 0.945 bits per heavy atom. The van der Waals surface area contributed by atoms with Crippen LogP contribution in [0, 0.1) is 18.6 Å². The maximum atomic E-state index is 14.6. The molecule has 2 fully saturated rings. The normalized spacial score (nSPS) is 15.6. The predicted octanol–water partition coefficient (Wildman–Crippen LogP) is 5.83. The minimum Gasteiger partial charge on any atom is -0.379 e. The Morgan fingerprint density at radius 2 is 1.67 bits per heavy atom. The van der Waals surface area contributed by atoms with Crippen LogP contribution in [0.4, 0.5) is 8.78 Å². The van der Waals surface area contributed by atoms with Crippen molar-refractivity contribution in [2.24, 2.45) is 0 Å². The highest BCUT2D eigenvalue weighted by atomic mass is 32.2. The summed E-state index contributed by atoms with van der Waals surface area (Å²) in [6.07, 6.45) is 3.69. The largest absolute Gasteiger partial charge is 0.379 e. The summed E-state index contributed by atoms with van der Waals surface area (Å²) in [6.45, 7) is 2.84. The van der Waals surface area contributed by atoms with Gasteiger partial charge in [-0.15, -0.1) is 0 Å². The number of aromatic nitrogens is 4. The van der Waals surface area contributed by atoms with E-state index in [-0.39, 0.29) is 66.6 Å². The maximum Gasteiger partial charge on any atom is 0.266 e. The smallest absolute Gasteiger partial charge is 0.266 e. The van der Waals surface area contributed by atoms with Crippen molar-refractivity contribution in [1.29, 1.82) is 0 Å². The fourth-order valence-electron chi connectivity index (χ4n) is 7.07. The molecule has 1 amide bonds. The van der Waals surface area contributed by atoms with Crippen LogP contribution in [0.1, 0.15) is 47.4 Å². The molecule has 11 nitrogen and oxygen atoms in total. The molecule has 0 radical (unpaired) electrons. The molecule has 282 valence electrons. The fraction of sp³-hybridized carbons (Fsp3) is 0.268. The van der Waals surface area contributed by atoms with E-state index in [9.17, 15) is 26.8 Å². The first-order chi connectivity index (χ1) is 26.5. The number of aryl methyl sites for hydroxylation is 1. The second kappa shape index (κ2) is 14.9. The quantitative estimate of drug-likeness (QED) is 0.176. The van der Waals surface area contributed by atoms with Crippen LogP contribution in [0.15, 0.2) is 107 Å². The van der Waals surface area contributed by atoms with Crippen LogP contribution in [-0.2, 0) is 32.5 Å². The fourth-order valence-corrected chi connectivity index (χ4v) is 8.48. The molecule has 1 atom stereocenters. The van der Waals surface area contributed by atoms with Crippen LogP contribution >= 0.6 is 0 Å². The molecule has 2 aliphatic rings. The number of halogens is 2. The van der Waals surface area contributed by atoms with Gasteiger partial charge in [0.15, 0.2) is 0 Å². The summed E-state index contributed by atoms with van der Waals surface area (Å²) < 4.78 is 65.6. The maximum absolute atomic E-state index is 14.6. The van der Waals surface area contributed by atoms with Crippen LogP contribution in [0.2, 0.25) is 0 Å². The summed E-state index contributed by atoms with van der Waals surface area (Å²) in [7, 11) is -3.85. The molecular weight excluding hydrogens is 727 g/mol. The summed E-state index contributed by atoms with van der Waals surface area (Å²) in [5.41, 5.74) is 4.05. The Hall–Kier alpha value is -5.57. The van der Waals surface area contributed by atoms with Crippen molar-refractivity contribution >= 4 is 26.8 Å². The van der Waals surface area contributed by atoms with Gasteiger partial charge in [-0.1, -0.05) is 30.3 Å². The standard InChI is InChI=1S/C41H38F2N6O5S/c1-26-4-2-3-5-34(26)29-8-13-35-37(23-29)45-40(49(41(35)51)32-9-11-33(12-10-32)55(52,53)48-16-18-54-19-17-48)38(22-27-20-30(42)24-31(43)21-27)44-39(50)25-47-15-14-36(46-47)28-6-7-28/h2-5,8-15,20-21,23-24,28,38H,6-7,16-19,22,25H2,1H3,(H,44,50). The van der Waals surface area contributed by atoms with Crippen molar-refractivity contribution in [2.45, 2.75) is 49.6 Å². The highest BCUT2D eigenvalue weighted by Crippen LogP contribution is 2.38. The van der Waals surface area contributed by atoms with Crippen molar-refractivity contribution in [3.63, 3.8) is 0 Å². The lowest BCUT2D eigenvalue weighted by Gasteiger charge is -2.26. The lowest BCUT2D eigenvalue weighted by atomic mass is 9.99. The van der Waals surface area contributed by atoms with Gasteiger partial charge in [-0.25, -0.2) is 22.2 Å². The van der Waals surface area contributed by atoms with Crippen LogP contribution in [-0.4, -0.2) is 64.3 Å². The summed E-state index contributed by atoms with van der Waals surface area (Å²) in [6, 6.07) is 22.9. The molecular formula is C41H38F2N6O5S. The molecule has 0 spiro atoms. The van der Waals surface area contributed by atoms with E-state index in [1.165, 1.54) is 50.0 Å². The number of carbonyl (C=O) groups is 1. The summed E-state index contributed by atoms with van der Waals surface area (Å²) >= 11 is 0. The SMILES string of the molecule is Cc1ccccc1-c1ccc2c(=O)n(-c3ccc(S(=O)(=O)N4CCOCC4)cc3)c(C(Cc3cc(F)cc(F)c3)NC(=O)Cn3ccc(C4CC4)n3)nc2c1. The minimum atomic E-state index is -3.85. The number of fused-ring (bicyclic) bond motifs is 1. The Morgan fingerprint density at radius 3 is 2.38 bits per heavy atom. The van der Waals surface area contributed by atoms with Crippen molar-refractivity contribution in [3.05, 3.63) is 142 Å². The third-order valence-electron chi connectivity index (χ3n) is 10.0. The number of morpholine rings is 1. The van der Waals surface area contributed by atoms with Crippen LogP contribution in [0.25, 0.3) is 27.7 Å². The Bertz CT molecular complexity index is 2560. The van der Waals surface area contributed by atoms with E-state index in [0.717, 1.165) is 41.3 Å². The molecule has 1 unspecified atom stereocenters. The average Bonchev–Trinajstić information content (AvgIpc) is 3.92. The topological polar surface area (TPSA) is 128 Å². The molecule has 2 aromatic heterocycles. The third kappa shape index (κ3) is 7.70. The van der Waals surface area contributed by atoms with Crippen molar-refractivity contribution in [3.8, 4) is 16.8 Å². The first-order valence-corrected chi connectivity index (χ1v) is 19.6. The lowest BCUT2D eigenvalue weighted by Crippen LogP contribution is -2.40. The van der Waals surface area contributed by atoms with E-state index in [1.54, 1.807) is 18.3 Å². The number of nitrogens with zero attached hydrogens (tertiary/aromatic N) is 5. The highest BCUT2D eigenvalue weighted by Gasteiger charge is 2.29. The molecule has 1 aliphatic carbocycles. The molecule has 14 heteroatoms. The third-order valence-corrected chi connectivity index (χ3v) is 11.9. The van der Waals surface area contributed by atoms with Crippen molar-refractivity contribution < 1.29 is 26.7 Å². The average molecular weight is 765 g/mol. The zero-order valence-electron chi connectivity index (χ0n) is 30.0. The van der Waals surface area contributed by atoms with Crippen LogP contribution in [0.3, 0.4) is 0 Å². The van der Waals surface area contributed by atoms with Crippen LogP contribution in [0.5, 0.6) is 0 Å². The van der Waals surface area contributed by atoms with Gasteiger partial charge in [0.25, 0.3) is 5.56 Å². The molecule has 1 saturated heterocycles. The minimum absolute atomic E-state index is 0.0363. The van der Waals surface area contributed by atoms with Gasteiger partial charge >= 0.3 is 0 Å². The highest BCUT2D eigenvalue weighted by molar-refractivity contribution is 7.89. The molecule has 4 aromatic carbocycles. The number of rotatable bonds is 11. The number of hydrogen-bond acceptors (Lipinski definition) is 7. The zero-order valence-corrected chi connectivity index (χ0v) is 30.8. The summed E-state index contributed by atoms with van der Waals surface area (Å²) in [4.78, 5) is 33.5. The molecule has 1 N–H and O–H groups in total. The van der Waals surface area contributed by atoms with E-state index in [1.807, 2.05) is 43.3 Å². The number of hydrogen-bond donors (Lipinski definition) is 1. The molecule has 8 rings (SSSR count). The molecule has 55 heavy (non-hydrogen) atoms. The van der Waals surface area contributed by atoms with Gasteiger partial charge in [-0.3, -0.25) is 18.8 Å². The number of ether oxygens (including phenoxy) is 1. The van der Waals surface area contributed by atoms with E-state index in [4.69, 9.17) is 9.72 Å². The van der Waals surface area contributed by atoms with Crippen molar-refractivity contribution in [2.75, 3.05) is 26.3 Å². The number of nitrogens with one attached hydrogen (secondary N) is 1. The van der Waals surface area contributed by atoms with Gasteiger partial charge in [0.1, 0.15) is 24.0 Å². The predicted molar refractivity (Wildman–Crippen MR) is 202 cm³/mol. The lowest BCUT2D eigenvalue weighted by molar-refractivity contribution is -0.122. The van der Waals surface area contributed by atoms with Gasteiger partial charge in [0.05, 0.1) is 46.4 Å². The number of benzene rings is 4. The first kappa shape index (κ1) is 36.4. The van der Waals surface area contributed by atoms with Gasteiger partial charge in [-0.2, -0.15) is 9.40 Å². The Balaban J connectivity index is 1.26. The monoisotopic (exact) mass is 764 g/mol. The number of carbonyl (C=O) groups excluding carboxylic acids is 1. The summed E-state index contributed by atoms with van der Waals surface area (Å²) in [5.74, 6) is -1.59. The Kier molecular flexibility index (Phi) is 9.88. The molecule has 0 bridgehead atoms. The second-order valence-corrected chi connectivity index (χ2v) is 15.9. The van der Waals surface area contributed by atoms with E-state index < -0.39 is 39.2 Å². The molecule has 1 saturated carbocycles. The number of sulfonamides is 1. The van der Waals surface area contributed by atoms with E-state index in [0.29, 0.717) is 11.4 Å². The zero-order chi connectivity index (χ0) is 38.3. The second-order valence-electron chi connectivity index (χ2n) is 14.0. The van der Waals surface area contributed by atoms with Gasteiger partial charge < -0.3 is 10.1 Å². The summed E-state index contributed by atoms with van der Waals surface area (Å²) in [5, 5.41) is 7.81. The van der Waals surface area contributed by atoms with Gasteiger partial charge in [0.2, 0.25) is 15.9 Å². The van der Waals surface area contributed by atoms with E-state index in [2.05, 4.69) is 10.4 Å². The van der Waals surface area contributed by atoms with Gasteiger partial charge in [-0.05, 0) is 96.6 Å².